The van der Waals surface area contributed by atoms with Crippen LogP contribution in [0.1, 0.15) is 60.4 Å². The van der Waals surface area contributed by atoms with Crippen LogP contribution in [0, 0.1) is 13.8 Å². The number of pyridine rings is 1. The van der Waals surface area contributed by atoms with Crippen LogP contribution in [0.15, 0.2) is 54.7 Å². The summed E-state index contributed by atoms with van der Waals surface area (Å²) in [6.45, 7) is 4.21. The average Bonchev–Trinajstić information content (AvgIpc) is 3.48. The Balaban J connectivity index is 1.49. The van der Waals surface area contributed by atoms with Gasteiger partial charge in [-0.15, -0.1) is 0 Å². The van der Waals surface area contributed by atoms with Crippen molar-refractivity contribution in [2.24, 2.45) is 0 Å². The number of benzene rings is 1. The molecule has 1 saturated carbocycles. The molecule has 1 aliphatic heterocycles. The maximum Gasteiger partial charge on any atom is 0.174 e. The fraction of sp³-hybridized carbons (Fsp3) is 0.360. The van der Waals surface area contributed by atoms with Gasteiger partial charge in [0.15, 0.2) is 5.11 Å². The summed E-state index contributed by atoms with van der Waals surface area (Å²) in [4.78, 5) is 10.3. The van der Waals surface area contributed by atoms with E-state index in [1.54, 1.807) is 0 Å². The first-order valence-corrected chi connectivity index (χ1v) is 11.4. The van der Waals surface area contributed by atoms with Gasteiger partial charge in [-0.2, -0.15) is 0 Å². The van der Waals surface area contributed by atoms with E-state index in [0.29, 0.717) is 11.2 Å². The largest absolute Gasteiger partial charge is 0.490 e. The predicted molar refractivity (Wildman–Crippen MR) is 128 cm³/mol. The number of ether oxygens (including phenoxy) is 1. The maximum atomic E-state index is 6.16. The van der Waals surface area contributed by atoms with Crippen LogP contribution in [0.25, 0.3) is 0 Å². The molecule has 160 valence electrons. The number of aromatic amines is 1. The van der Waals surface area contributed by atoms with Crippen molar-refractivity contribution in [2.45, 2.75) is 57.7 Å². The quantitative estimate of drug-likeness (QED) is 0.520. The highest BCUT2D eigenvalue weighted by Gasteiger charge is 2.41. The minimum Gasteiger partial charge on any atom is -0.490 e. The number of nitrogens with zero attached hydrogens (tertiary/aromatic N) is 2. The second-order valence-electron chi connectivity index (χ2n) is 8.55. The molecule has 0 radical (unpaired) electrons. The lowest BCUT2D eigenvalue weighted by atomic mass is 9.96. The van der Waals surface area contributed by atoms with E-state index in [2.05, 4.69) is 70.4 Å². The summed E-state index contributed by atoms with van der Waals surface area (Å²) in [6.07, 6.45) is 7.03. The minimum atomic E-state index is -0.0305. The number of aromatic nitrogens is 2. The molecule has 6 heteroatoms. The van der Waals surface area contributed by atoms with Gasteiger partial charge in [-0.3, -0.25) is 4.98 Å². The lowest BCUT2D eigenvalue weighted by Gasteiger charge is -2.28. The van der Waals surface area contributed by atoms with Gasteiger partial charge in [0.2, 0.25) is 0 Å². The van der Waals surface area contributed by atoms with Gasteiger partial charge in [0.1, 0.15) is 5.75 Å². The third-order valence-electron chi connectivity index (χ3n) is 6.33. The van der Waals surface area contributed by atoms with Gasteiger partial charge < -0.3 is 19.9 Å². The SMILES string of the molecule is Cc1cc([C@@H]2[C@H](c3ccccn3)NC(=S)N2c2ccc(OC3CCCC3)cc2)c(C)[nH]1. The van der Waals surface area contributed by atoms with Crippen molar-refractivity contribution in [3.8, 4) is 5.75 Å². The van der Waals surface area contributed by atoms with Crippen molar-refractivity contribution in [3.05, 3.63) is 77.4 Å². The summed E-state index contributed by atoms with van der Waals surface area (Å²) >= 11 is 5.82. The van der Waals surface area contributed by atoms with Gasteiger partial charge in [-0.05, 0) is 99.8 Å². The number of thiocarbonyl (C=S) groups is 1. The molecule has 2 aliphatic rings. The molecular weight excluding hydrogens is 404 g/mol. The van der Waals surface area contributed by atoms with Gasteiger partial charge in [-0.1, -0.05) is 6.07 Å². The number of H-pyrrole nitrogens is 1. The third-order valence-corrected chi connectivity index (χ3v) is 6.64. The Morgan fingerprint density at radius 1 is 1.06 bits per heavy atom. The van der Waals surface area contributed by atoms with Gasteiger partial charge in [0.05, 0.1) is 23.9 Å². The van der Waals surface area contributed by atoms with Crippen LogP contribution < -0.4 is 15.0 Å². The Morgan fingerprint density at radius 3 is 2.48 bits per heavy atom. The molecular formula is C25H28N4OS. The summed E-state index contributed by atoms with van der Waals surface area (Å²) in [6, 6.07) is 16.6. The molecule has 5 rings (SSSR count). The van der Waals surface area contributed by atoms with E-state index >= 15 is 0 Å². The lowest BCUT2D eigenvalue weighted by molar-refractivity contribution is 0.210. The summed E-state index contributed by atoms with van der Waals surface area (Å²) in [5, 5.41) is 4.24. The number of aryl methyl sites for hydroxylation is 2. The number of hydrogen-bond acceptors (Lipinski definition) is 3. The molecule has 1 saturated heterocycles. The van der Waals surface area contributed by atoms with Gasteiger partial charge in [0.25, 0.3) is 0 Å². The van der Waals surface area contributed by atoms with E-state index in [0.717, 1.165) is 41.4 Å². The first kappa shape index (κ1) is 20.1. The number of nitrogens with one attached hydrogen (secondary N) is 2. The van der Waals surface area contributed by atoms with E-state index < -0.39 is 0 Å². The molecule has 0 bridgehead atoms. The van der Waals surface area contributed by atoms with Crippen LogP contribution in [0.3, 0.4) is 0 Å². The number of rotatable bonds is 5. The van der Waals surface area contributed by atoms with Gasteiger partial charge in [0, 0.05) is 23.3 Å². The monoisotopic (exact) mass is 432 g/mol. The van der Waals surface area contributed by atoms with Crippen molar-refractivity contribution in [2.75, 3.05) is 4.90 Å². The molecule has 0 spiro atoms. The molecule has 2 fully saturated rings. The smallest absolute Gasteiger partial charge is 0.174 e. The number of anilines is 1. The molecule has 0 unspecified atom stereocenters. The van der Waals surface area contributed by atoms with E-state index in [1.807, 2.05) is 18.3 Å². The Labute approximate surface area is 188 Å². The average molecular weight is 433 g/mol. The van der Waals surface area contributed by atoms with Crippen molar-refractivity contribution in [1.29, 1.82) is 0 Å². The normalized spacial score (nSPS) is 21.5. The zero-order valence-electron chi connectivity index (χ0n) is 18.0. The Kier molecular flexibility index (Phi) is 5.40. The zero-order chi connectivity index (χ0) is 21.4. The fourth-order valence-electron chi connectivity index (χ4n) is 4.89. The predicted octanol–water partition coefficient (Wildman–Crippen LogP) is 5.53. The van der Waals surface area contributed by atoms with E-state index in [4.69, 9.17) is 17.0 Å². The molecule has 2 N–H and O–H groups in total. The maximum absolute atomic E-state index is 6.16. The van der Waals surface area contributed by atoms with Crippen LogP contribution in [0.5, 0.6) is 5.75 Å². The summed E-state index contributed by atoms with van der Waals surface area (Å²) < 4.78 is 6.16. The summed E-state index contributed by atoms with van der Waals surface area (Å²) in [5.41, 5.74) is 5.56. The van der Waals surface area contributed by atoms with Gasteiger partial charge >= 0.3 is 0 Å². The molecule has 3 heterocycles. The minimum absolute atomic E-state index is 0.00829. The Bertz CT molecular complexity index is 1060. The zero-order valence-corrected chi connectivity index (χ0v) is 18.8. The van der Waals surface area contributed by atoms with Gasteiger partial charge in [-0.25, -0.2) is 0 Å². The van der Waals surface area contributed by atoms with E-state index in [1.165, 1.54) is 18.4 Å². The van der Waals surface area contributed by atoms with E-state index in [9.17, 15) is 0 Å². The standard InChI is InChI=1S/C25H28N4OS/c1-16-15-21(17(2)27-16)24-23(22-9-5-6-14-26-22)28-25(31)29(24)18-10-12-20(13-11-18)30-19-7-3-4-8-19/h5-6,9-15,19,23-24,27H,3-4,7-8H2,1-2H3,(H,28,31)/t23-,24+/m0/s1. The molecule has 2 atom stereocenters. The molecule has 0 amide bonds. The summed E-state index contributed by atoms with van der Waals surface area (Å²) in [5.74, 6) is 0.931. The van der Waals surface area contributed by atoms with Crippen molar-refractivity contribution in [1.82, 2.24) is 15.3 Å². The highest BCUT2D eigenvalue weighted by atomic mass is 32.1. The van der Waals surface area contributed by atoms with Crippen LogP contribution in [-0.2, 0) is 0 Å². The molecule has 31 heavy (non-hydrogen) atoms. The second-order valence-corrected chi connectivity index (χ2v) is 8.93. The first-order valence-electron chi connectivity index (χ1n) is 11.0. The highest BCUT2D eigenvalue weighted by Crippen LogP contribution is 2.43. The van der Waals surface area contributed by atoms with Crippen molar-refractivity contribution >= 4 is 23.0 Å². The van der Waals surface area contributed by atoms with Crippen LogP contribution in [0.2, 0.25) is 0 Å². The third kappa shape index (κ3) is 3.92. The molecule has 2 aromatic heterocycles. The van der Waals surface area contributed by atoms with Crippen LogP contribution in [0.4, 0.5) is 5.69 Å². The Hall–Kier alpha value is -2.86. The van der Waals surface area contributed by atoms with Crippen molar-refractivity contribution < 1.29 is 4.74 Å². The van der Waals surface area contributed by atoms with Crippen LogP contribution in [-0.4, -0.2) is 21.2 Å². The lowest BCUT2D eigenvalue weighted by Crippen LogP contribution is -2.29. The summed E-state index contributed by atoms with van der Waals surface area (Å²) in [7, 11) is 0. The second kappa shape index (κ2) is 8.35. The van der Waals surface area contributed by atoms with E-state index in [-0.39, 0.29) is 12.1 Å². The first-order chi connectivity index (χ1) is 15.1. The number of hydrogen-bond donors (Lipinski definition) is 2. The fourth-order valence-corrected chi connectivity index (χ4v) is 5.23. The Morgan fingerprint density at radius 2 is 1.84 bits per heavy atom. The topological polar surface area (TPSA) is 53.2 Å². The van der Waals surface area contributed by atoms with Crippen molar-refractivity contribution in [3.63, 3.8) is 0 Å². The molecule has 5 nitrogen and oxygen atoms in total. The highest BCUT2D eigenvalue weighted by molar-refractivity contribution is 7.80. The molecule has 1 aromatic carbocycles. The molecule has 1 aliphatic carbocycles. The molecule has 3 aromatic rings. The van der Waals surface area contributed by atoms with Crippen LogP contribution >= 0.6 is 12.2 Å².